The van der Waals surface area contributed by atoms with E-state index in [1.807, 2.05) is 41.0 Å². The van der Waals surface area contributed by atoms with Gasteiger partial charge in [0.15, 0.2) is 0 Å². The number of pyridine rings is 1. The maximum absolute atomic E-state index is 4.30. The zero-order valence-corrected chi connectivity index (χ0v) is 12.7. The van der Waals surface area contributed by atoms with Crippen molar-refractivity contribution in [3.63, 3.8) is 0 Å². The Labute approximate surface area is 133 Å². The van der Waals surface area contributed by atoms with Crippen LogP contribution in [0.1, 0.15) is 0 Å². The summed E-state index contributed by atoms with van der Waals surface area (Å²) in [5.41, 5.74) is 1.14. The molecule has 2 heterocycles. The van der Waals surface area contributed by atoms with E-state index in [1.54, 1.807) is 6.20 Å². The standard InChI is InChI=1S/C13H9N2.HI.Mg/c1-2-6-12-11(5-1)8-10-15(12)13-7-3-4-9-14-13;;/h1-9H;1H;/q-1;;+2/p-1. The quantitative estimate of drug-likeness (QED) is 0.329. The fraction of sp³-hybridized carbons (Fsp3) is 0. The van der Waals surface area contributed by atoms with Gasteiger partial charge in [-0.15, -0.1) is 17.5 Å². The Balaban J connectivity index is 0.000000722. The van der Waals surface area contributed by atoms with Crippen molar-refractivity contribution in [2.45, 2.75) is 0 Å². The maximum atomic E-state index is 4.30. The molecule has 0 aliphatic rings. The Morgan fingerprint density at radius 3 is 2.53 bits per heavy atom. The molecule has 0 aliphatic carbocycles. The fourth-order valence-electron chi connectivity index (χ4n) is 1.69. The van der Waals surface area contributed by atoms with Crippen LogP contribution < -0.4 is 24.0 Å². The van der Waals surface area contributed by atoms with Gasteiger partial charge >= 0.3 is 23.1 Å². The molecule has 0 spiro atoms. The van der Waals surface area contributed by atoms with Crippen LogP contribution in [0.4, 0.5) is 0 Å². The second-order valence-electron chi connectivity index (χ2n) is 3.36. The van der Waals surface area contributed by atoms with Crippen LogP contribution in [-0.2, 0) is 0 Å². The van der Waals surface area contributed by atoms with Crippen LogP contribution in [0.5, 0.6) is 0 Å². The molecule has 2 aromatic heterocycles. The molecule has 17 heavy (non-hydrogen) atoms. The van der Waals surface area contributed by atoms with E-state index in [-0.39, 0.29) is 47.0 Å². The van der Waals surface area contributed by atoms with E-state index in [0.717, 1.165) is 11.3 Å². The van der Waals surface area contributed by atoms with E-state index in [2.05, 4.69) is 23.3 Å². The summed E-state index contributed by atoms with van der Waals surface area (Å²) in [4.78, 5) is 4.30. The molecule has 3 rings (SSSR count). The van der Waals surface area contributed by atoms with Crippen LogP contribution >= 0.6 is 0 Å². The number of benzene rings is 1. The molecule has 80 valence electrons. The molecule has 0 unspecified atom stereocenters. The third-order valence-corrected chi connectivity index (χ3v) is 2.41. The van der Waals surface area contributed by atoms with Crippen molar-refractivity contribution in [2.75, 3.05) is 0 Å². The first kappa shape index (κ1) is 14.5. The van der Waals surface area contributed by atoms with Crippen LogP contribution in [0.2, 0.25) is 0 Å². The Bertz CT molecular complexity index is 592. The molecule has 0 fully saturated rings. The third-order valence-electron chi connectivity index (χ3n) is 2.41. The summed E-state index contributed by atoms with van der Waals surface area (Å²) in [5.74, 6) is 0.902. The van der Waals surface area contributed by atoms with Crippen molar-refractivity contribution in [3.8, 4) is 5.82 Å². The number of para-hydroxylation sites is 1. The largest absolute Gasteiger partial charge is 2.00 e. The summed E-state index contributed by atoms with van der Waals surface area (Å²) in [5, 5.41) is 1.18. The number of hydrogen-bond acceptors (Lipinski definition) is 1. The van der Waals surface area contributed by atoms with Crippen molar-refractivity contribution >= 4 is 34.0 Å². The summed E-state index contributed by atoms with van der Waals surface area (Å²) in [6.07, 6.45) is 4.97. The molecule has 0 saturated carbocycles. The first-order valence-electron chi connectivity index (χ1n) is 4.85. The van der Waals surface area contributed by atoms with E-state index < -0.39 is 0 Å². The van der Waals surface area contributed by atoms with Crippen molar-refractivity contribution in [2.24, 2.45) is 0 Å². The van der Waals surface area contributed by atoms with Crippen molar-refractivity contribution < 1.29 is 24.0 Å². The number of hydrogen-bond donors (Lipinski definition) is 0. The SMILES string of the molecule is [I-].[Mg+2].[c-]1cc2ccccc2n1-c1ccccn1. The number of rotatable bonds is 1. The van der Waals surface area contributed by atoms with Gasteiger partial charge in [0.2, 0.25) is 0 Å². The van der Waals surface area contributed by atoms with Crippen LogP contribution in [-0.4, -0.2) is 32.6 Å². The summed E-state index contributed by atoms with van der Waals surface area (Å²) in [6, 6.07) is 16.0. The number of nitrogens with zero attached hydrogens (tertiary/aromatic N) is 2. The Kier molecular flexibility index (Phi) is 5.42. The molecule has 0 N–H and O–H groups in total. The Morgan fingerprint density at radius 2 is 1.76 bits per heavy atom. The number of fused-ring (bicyclic) bond motifs is 1. The van der Waals surface area contributed by atoms with Crippen LogP contribution in [0.15, 0.2) is 54.7 Å². The molecule has 2 nitrogen and oxygen atoms in total. The molecular weight excluding hydrogens is 335 g/mol. The van der Waals surface area contributed by atoms with Crippen molar-refractivity contribution in [1.29, 1.82) is 0 Å². The normalized spacial score (nSPS) is 9.41. The van der Waals surface area contributed by atoms with Crippen LogP contribution in [0.3, 0.4) is 0 Å². The molecule has 3 aromatic rings. The smallest absolute Gasteiger partial charge is 1.00 e. The average molecular weight is 344 g/mol. The minimum Gasteiger partial charge on any atom is -1.00 e. The van der Waals surface area contributed by atoms with Gasteiger partial charge in [0.1, 0.15) is 0 Å². The van der Waals surface area contributed by atoms with Crippen molar-refractivity contribution in [1.82, 2.24) is 9.55 Å². The molecule has 4 heteroatoms. The summed E-state index contributed by atoms with van der Waals surface area (Å²) < 4.78 is 1.97. The molecule has 0 amide bonds. The molecule has 0 aliphatic heterocycles. The maximum Gasteiger partial charge on any atom is 2.00 e. The van der Waals surface area contributed by atoms with Gasteiger partial charge in [0.25, 0.3) is 0 Å². The summed E-state index contributed by atoms with van der Waals surface area (Å²) in [7, 11) is 0. The van der Waals surface area contributed by atoms with E-state index in [1.165, 1.54) is 5.39 Å². The number of aromatic nitrogens is 2. The van der Waals surface area contributed by atoms with Gasteiger partial charge in [-0.2, -0.15) is 0 Å². The molecule has 0 bridgehead atoms. The van der Waals surface area contributed by atoms with Gasteiger partial charge in [0, 0.05) is 6.20 Å². The summed E-state index contributed by atoms with van der Waals surface area (Å²) in [6.45, 7) is 0. The van der Waals surface area contributed by atoms with Gasteiger partial charge in [-0.1, -0.05) is 42.0 Å². The van der Waals surface area contributed by atoms with Gasteiger partial charge < -0.3 is 28.5 Å². The van der Waals surface area contributed by atoms with Gasteiger partial charge in [0.05, 0.1) is 5.82 Å². The van der Waals surface area contributed by atoms with Crippen molar-refractivity contribution in [3.05, 3.63) is 60.9 Å². The van der Waals surface area contributed by atoms with E-state index in [4.69, 9.17) is 0 Å². The van der Waals surface area contributed by atoms with E-state index in [9.17, 15) is 0 Å². The third kappa shape index (κ3) is 2.81. The second-order valence-corrected chi connectivity index (χ2v) is 3.36. The fourth-order valence-corrected chi connectivity index (χ4v) is 1.69. The molecule has 0 radical (unpaired) electrons. The Hall–Kier alpha value is -0.594. The summed E-state index contributed by atoms with van der Waals surface area (Å²) >= 11 is 0. The molecular formula is C13H9IMgN2. The molecule has 1 aromatic carbocycles. The zero-order valence-electron chi connectivity index (χ0n) is 9.18. The molecule has 0 saturated heterocycles. The Morgan fingerprint density at radius 1 is 1.00 bits per heavy atom. The van der Waals surface area contributed by atoms with Gasteiger partial charge in [-0.05, 0) is 6.07 Å². The molecule has 0 atom stereocenters. The van der Waals surface area contributed by atoms with Gasteiger partial charge in [-0.3, -0.25) is 4.98 Å². The predicted octanol–water partition coefficient (Wildman–Crippen LogP) is -0.551. The first-order chi connectivity index (χ1) is 7.45. The minimum atomic E-state index is 0. The topological polar surface area (TPSA) is 17.8 Å². The van der Waals surface area contributed by atoms with Crippen LogP contribution in [0.25, 0.3) is 16.7 Å². The number of halogens is 1. The van der Waals surface area contributed by atoms with Crippen LogP contribution in [0, 0.1) is 6.20 Å². The van der Waals surface area contributed by atoms with E-state index in [0.29, 0.717) is 0 Å². The van der Waals surface area contributed by atoms with Gasteiger partial charge in [-0.25, -0.2) is 0 Å². The first-order valence-corrected chi connectivity index (χ1v) is 4.85. The average Bonchev–Trinajstić information content (AvgIpc) is 2.74. The minimum absolute atomic E-state index is 0. The predicted molar refractivity (Wildman–Crippen MR) is 65.7 cm³/mol. The second kappa shape index (κ2) is 6.37. The monoisotopic (exact) mass is 344 g/mol. The van der Waals surface area contributed by atoms with E-state index >= 15 is 0 Å². The zero-order chi connectivity index (χ0) is 10.1.